The average Bonchev–Trinajstić information content (AvgIpc) is 2.04. The first kappa shape index (κ1) is 10.3. The van der Waals surface area contributed by atoms with Crippen molar-refractivity contribution in [1.82, 2.24) is 0 Å². The SMILES string of the molecule is CC(C)(C)C1CCC(=CC#N)CC1. The van der Waals surface area contributed by atoms with Crippen molar-refractivity contribution in [2.45, 2.75) is 46.5 Å². The van der Waals surface area contributed by atoms with Gasteiger partial charge in [-0.15, -0.1) is 0 Å². The second-order valence-corrected chi connectivity index (χ2v) is 5.07. The van der Waals surface area contributed by atoms with Gasteiger partial charge in [-0.3, -0.25) is 0 Å². The van der Waals surface area contributed by atoms with E-state index >= 15 is 0 Å². The van der Waals surface area contributed by atoms with E-state index in [1.807, 2.05) is 0 Å². The van der Waals surface area contributed by atoms with E-state index in [-0.39, 0.29) is 0 Å². The van der Waals surface area contributed by atoms with Crippen LogP contribution in [0, 0.1) is 22.7 Å². The van der Waals surface area contributed by atoms with Gasteiger partial charge in [-0.05, 0) is 37.0 Å². The number of allylic oxidation sites excluding steroid dienone is 2. The Bertz CT molecular complexity index is 227. The smallest absolute Gasteiger partial charge is 0.0911 e. The van der Waals surface area contributed by atoms with Gasteiger partial charge >= 0.3 is 0 Å². The highest BCUT2D eigenvalue weighted by Crippen LogP contribution is 2.39. The Morgan fingerprint density at radius 2 is 1.85 bits per heavy atom. The second-order valence-electron chi connectivity index (χ2n) is 5.07. The molecule has 1 fully saturated rings. The zero-order valence-electron chi connectivity index (χ0n) is 8.93. The summed E-state index contributed by atoms with van der Waals surface area (Å²) < 4.78 is 0. The van der Waals surface area contributed by atoms with Crippen LogP contribution < -0.4 is 0 Å². The molecule has 13 heavy (non-hydrogen) atoms. The van der Waals surface area contributed by atoms with Crippen molar-refractivity contribution in [3.05, 3.63) is 11.6 Å². The van der Waals surface area contributed by atoms with Crippen molar-refractivity contribution < 1.29 is 0 Å². The quantitative estimate of drug-likeness (QED) is 0.518. The third-order valence-electron chi connectivity index (χ3n) is 3.12. The standard InChI is InChI=1S/C12H19N/c1-12(2,3)11-6-4-10(5-7-11)8-9-13/h8,11H,4-7H2,1-3H3. The summed E-state index contributed by atoms with van der Waals surface area (Å²) in [6, 6.07) is 2.13. The maximum Gasteiger partial charge on any atom is 0.0911 e. The molecule has 0 saturated heterocycles. The molecule has 1 aliphatic rings. The lowest BCUT2D eigenvalue weighted by Crippen LogP contribution is -2.23. The Kier molecular flexibility index (Phi) is 3.14. The van der Waals surface area contributed by atoms with Crippen molar-refractivity contribution in [2.24, 2.45) is 11.3 Å². The number of nitriles is 1. The van der Waals surface area contributed by atoms with Gasteiger partial charge in [-0.25, -0.2) is 0 Å². The molecular formula is C12H19N. The fraction of sp³-hybridized carbons (Fsp3) is 0.750. The molecule has 1 saturated carbocycles. The number of hydrogen-bond donors (Lipinski definition) is 0. The highest BCUT2D eigenvalue weighted by Gasteiger charge is 2.27. The normalized spacial score (nSPS) is 23.8. The Hall–Kier alpha value is -0.770. The predicted octanol–water partition coefficient (Wildman–Crippen LogP) is 3.67. The topological polar surface area (TPSA) is 23.8 Å². The summed E-state index contributed by atoms with van der Waals surface area (Å²) in [6.07, 6.45) is 6.53. The molecule has 0 aromatic rings. The summed E-state index contributed by atoms with van der Waals surface area (Å²) in [5.41, 5.74) is 1.79. The van der Waals surface area contributed by atoms with Crippen LogP contribution in [-0.2, 0) is 0 Å². The van der Waals surface area contributed by atoms with Gasteiger partial charge in [0.05, 0.1) is 6.07 Å². The molecule has 0 aliphatic heterocycles. The lowest BCUT2D eigenvalue weighted by molar-refractivity contribution is 0.197. The molecule has 0 N–H and O–H groups in total. The van der Waals surface area contributed by atoms with Gasteiger partial charge in [0.15, 0.2) is 0 Å². The van der Waals surface area contributed by atoms with Gasteiger partial charge < -0.3 is 0 Å². The summed E-state index contributed by atoms with van der Waals surface area (Å²) in [6.45, 7) is 6.95. The Morgan fingerprint density at radius 1 is 1.31 bits per heavy atom. The lowest BCUT2D eigenvalue weighted by Gasteiger charge is -2.34. The molecule has 0 aromatic heterocycles. The summed E-state index contributed by atoms with van der Waals surface area (Å²) in [5, 5.41) is 8.52. The Morgan fingerprint density at radius 3 is 2.23 bits per heavy atom. The fourth-order valence-electron chi connectivity index (χ4n) is 2.09. The molecule has 0 atom stereocenters. The Labute approximate surface area is 81.5 Å². The monoisotopic (exact) mass is 177 g/mol. The molecule has 72 valence electrons. The number of rotatable bonds is 0. The van der Waals surface area contributed by atoms with Gasteiger partial charge in [0.25, 0.3) is 0 Å². The average molecular weight is 177 g/mol. The molecule has 0 bridgehead atoms. The van der Waals surface area contributed by atoms with E-state index < -0.39 is 0 Å². The second kappa shape index (κ2) is 3.96. The van der Waals surface area contributed by atoms with E-state index in [0.717, 1.165) is 18.8 Å². The van der Waals surface area contributed by atoms with Crippen LogP contribution in [0.2, 0.25) is 0 Å². The van der Waals surface area contributed by atoms with E-state index in [1.54, 1.807) is 6.08 Å². The summed E-state index contributed by atoms with van der Waals surface area (Å²) in [7, 11) is 0. The highest BCUT2D eigenvalue weighted by atomic mass is 14.3. The third-order valence-corrected chi connectivity index (χ3v) is 3.12. The molecule has 0 amide bonds. The van der Waals surface area contributed by atoms with E-state index in [2.05, 4.69) is 26.8 Å². The maximum atomic E-state index is 8.52. The lowest BCUT2D eigenvalue weighted by atomic mass is 9.71. The molecule has 1 aliphatic carbocycles. The van der Waals surface area contributed by atoms with Crippen LogP contribution in [0.5, 0.6) is 0 Å². The minimum absolute atomic E-state index is 0.443. The van der Waals surface area contributed by atoms with E-state index in [9.17, 15) is 0 Å². The number of nitrogens with zero attached hydrogens (tertiary/aromatic N) is 1. The Balaban J connectivity index is 2.49. The molecule has 1 nitrogen and oxygen atoms in total. The fourth-order valence-corrected chi connectivity index (χ4v) is 2.09. The van der Waals surface area contributed by atoms with Crippen LogP contribution in [-0.4, -0.2) is 0 Å². The zero-order valence-corrected chi connectivity index (χ0v) is 8.93. The van der Waals surface area contributed by atoms with Crippen molar-refractivity contribution in [2.75, 3.05) is 0 Å². The van der Waals surface area contributed by atoms with Crippen molar-refractivity contribution in [3.63, 3.8) is 0 Å². The summed E-state index contributed by atoms with van der Waals surface area (Å²) in [5.74, 6) is 0.836. The van der Waals surface area contributed by atoms with Gasteiger partial charge in [0.1, 0.15) is 0 Å². The van der Waals surface area contributed by atoms with Crippen LogP contribution in [0.25, 0.3) is 0 Å². The summed E-state index contributed by atoms with van der Waals surface area (Å²) >= 11 is 0. The van der Waals surface area contributed by atoms with Gasteiger partial charge in [0.2, 0.25) is 0 Å². The molecule has 0 spiro atoms. The van der Waals surface area contributed by atoms with Crippen LogP contribution in [0.4, 0.5) is 0 Å². The van der Waals surface area contributed by atoms with Crippen LogP contribution in [0.15, 0.2) is 11.6 Å². The first-order valence-electron chi connectivity index (χ1n) is 5.11. The zero-order chi connectivity index (χ0) is 9.90. The van der Waals surface area contributed by atoms with Crippen LogP contribution in [0.1, 0.15) is 46.5 Å². The third kappa shape index (κ3) is 2.88. The summed E-state index contributed by atoms with van der Waals surface area (Å²) in [4.78, 5) is 0. The molecule has 0 aromatic carbocycles. The van der Waals surface area contributed by atoms with Crippen molar-refractivity contribution in [3.8, 4) is 6.07 Å². The minimum atomic E-state index is 0.443. The molecule has 1 heteroatoms. The van der Waals surface area contributed by atoms with Gasteiger partial charge in [-0.2, -0.15) is 5.26 Å². The maximum absolute atomic E-state index is 8.52. The predicted molar refractivity (Wildman–Crippen MR) is 55.1 cm³/mol. The van der Waals surface area contributed by atoms with E-state index in [4.69, 9.17) is 5.26 Å². The molecule has 0 unspecified atom stereocenters. The largest absolute Gasteiger partial charge is 0.193 e. The number of hydrogen-bond acceptors (Lipinski definition) is 1. The van der Waals surface area contributed by atoms with Crippen molar-refractivity contribution >= 4 is 0 Å². The first-order chi connectivity index (χ1) is 6.04. The molecule has 0 heterocycles. The van der Waals surface area contributed by atoms with Gasteiger partial charge in [0, 0.05) is 6.08 Å². The van der Waals surface area contributed by atoms with Crippen LogP contribution in [0.3, 0.4) is 0 Å². The molecular weight excluding hydrogens is 158 g/mol. The first-order valence-corrected chi connectivity index (χ1v) is 5.11. The minimum Gasteiger partial charge on any atom is -0.193 e. The van der Waals surface area contributed by atoms with Gasteiger partial charge in [-0.1, -0.05) is 26.3 Å². The highest BCUT2D eigenvalue weighted by molar-refractivity contribution is 5.15. The van der Waals surface area contributed by atoms with Crippen LogP contribution >= 0.6 is 0 Å². The molecule has 1 rings (SSSR count). The van der Waals surface area contributed by atoms with Crippen molar-refractivity contribution in [1.29, 1.82) is 5.26 Å². The van der Waals surface area contributed by atoms with E-state index in [1.165, 1.54) is 18.4 Å². The van der Waals surface area contributed by atoms with E-state index in [0.29, 0.717) is 5.41 Å². The molecule has 0 radical (unpaired) electrons.